The molecule has 33 heavy (non-hydrogen) atoms. The number of benzene rings is 2. The van der Waals surface area contributed by atoms with Crippen LogP contribution in [0.4, 0.5) is 0 Å². The van der Waals surface area contributed by atoms with Crippen LogP contribution >= 0.6 is 11.6 Å². The van der Waals surface area contributed by atoms with Gasteiger partial charge in [-0.05, 0) is 60.9 Å². The summed E-state index contributed by atoms with van der Waals surface area (Å²) in [5.74, 6) is 5.20. The molecule has 2 aromatic heterocycles. The highest BCUT2D eigenvalue weighted by Gasteiger charge is 2.14. The maximum absolute atomic E-state index is 11.1. The van der Waals surface area contributed by atoms with Gasteiger partial charge in [0, 0.05) is 22.3 Å². The molecule has 2 aromatic carbocycles. The predicted octanol–water partition coefficient (Wildman–Crippen LogP) is 5.52. The van der Waals surface area contributed by atoms with E-state index in [1.165, 1.54) is 6.33 Å². The molecule has 166 valence electrons. The predicted molar refractivity (Wildman–Crippen MR) is 127 cm³/mol. The molecule has 4 rings (SSSR count). The highest BCUT2D eigenvalue weighted by atomic mass is 35.5. The normalized spacial score (nSPS) is 11.6. The summed E-state index contributed by atoms with van der Waals surface area (Å²) in [5.41, 5.74) is 5.54. The molecular weight excluding hydrogens is 438 g/mol. The largest absolute Gasteiger partial charge is 0.489 e. The van der Waals surface area contributed by atoms with Crippen LogP contribution in [0, 0.1) is 18.8 Å². The van der Waals surface area contributed by atoms with Gasteiger partial charge in [-0.15, -0.1) is 5.92 Å². The summed E-state index contributed by atoms with van der Waals surface area (Å²) in [6.45, 7) is 4.04. The van der Waals surface area contributed by atoms with E-state index in [1.807, 2.05) is 61.7 Å². The van der Waals surface area contributed by atoms with Gasteiger partial charge < -0.3 is 9.84 Å². The molecule has 1 atom stereocenters. The van der Waals surface area contributed by atoms with Gasteiger partial charge in [-0.2, -0.15) is 5.10 Å². The molecule has 4 aromatic rings. The monoisotopic (exact) mass is 459 g/mol. The van der Waals surface area contributed by atoms with E-state index in [1.54, 1.807) is 11.4 Å². The highest BCUT2D eigenvalue weighted by molar-refractivity contribution is 6.30. The number of halogens is 1. The van der Waals surface area contributed by atoms with Crippen molar-refractivity contribution in [3.63, 3.8) is 0 Å². The van der Waals surface area contributed by atoms with Crippen LogP contribution in [0.1, 0.15) is 36.0 Å². The zero-order valence-electron chi connectivity index (χ0n) is 18.2. The number of rotatable bonds is 7. The lowest BCUT2D eigenvalue weighted by Crippen LogP contribution is -2.05. The van der Waals surface area contributed by atoms with Crippen molar-refractivity contribution in [1.29, 1.82) is 0 Å². The molecule has 1 N–H and O–H groups in total. The fraction of sp³-hybridized carbons (Fsp3) is 0.192. The van der Waals surface area contributed by atoms with Gasteiger partial charge in [0.05, 0.1) is 12.3 Å². The van der Waals surface area contributed by atoms with Crippen LogP contribution in [0.3, 0.4) is 0 Å². The number of nitrogens with zero attached hydrogens (tertiary/aromatic N) is 3. The van der Waals surface area contributed by atoms with Crippen LogP contribution < -0.4 is 4.74 Å². The Hall–Kier alpha value is -3.82. The SMILES string of the molecule is CC#C[C@@H](CC(=O)O)c1ccc(OCc2cc(-c3cc(Cl)ccc3C)cn3ncnc23)cc1. The topological polar surface area (TPSA) is 76.7 Å². The van der Waals surface area contributed by atoms with Crippen molar-refractivity contribution in [2.24, 2.45) is 0 Å². The van der Waals surface area contributed by atoms with Gasteiger partial charge in [0.25, 0.3) is 0 Å². The Morgan fingerprint density at radius 3 is 2.73 bits per heavy atom. The maximum atomic E-state index is 11.1. The van der Waals surface area contributed by atoms with Crippen LogP contribution in [0.15, 0.2) is 61.1 Å². The van der Waals surface area contributed by atoms with E-state index in [-0.39, 0.29) is 12.3 Å². The van der Waals surface area contributed by atoms with Gasteiger partial charge in [-0.1, -0.05) is 35.7 Å². The average Bonchev–Trinajstić information content (AvgIpc) is 3.28. The number of carbonyl (C=O) groups is 1. The molecule has 0 fully saturated rings. The van der Waals surface area contributed by atoms with Crippen molar-refractivity contribution in [3.8, 4) is 28.7 Å². The van der Waals surface area contributed by atoms with E-state index >= 15 is 0 Å². The third-order valence-corrected chi connectivity index (χ3v) is 5.57. The summed E-state index contributed by atoms with van der Waals surface area (Å²) in [4.78, 5) is 15.5. The van der Waals surface area contributed by atoms with Crippen molar-refractivity contribution < 1.29 is 14.6 Å². The maximum Gasteiger partial charge on any atom is 0.304 e. The molecule has 0 saturated carbocycles. The van der Waals surface area contributed by atoms with Crippen molar-refractivity contribution in [1.82, 2.24) is 14.6 Å². The molecule has 0 aliphatic heterocycles. The van der Waals surface area contributed by atoms with Gasteiger partial charge in [0.2, 0.25) is 0 Å². The summed E-state index contributed by atoms with van der Waals surface area (Å²) >= 11 is 6.23. The number of carboxylic acids is 1. The molecular formula is C26H22ClN3O3. The first kappa shape index (κ1) is 22.4. The van der Waals surface area contributed by atoms with Crippen molar-refractivity contribution in [2.45, 2.75) is 32.8 Å². The second-order valence-electron chi connectivity index (χ2n) is 7.64. The second-order valence-corrected chi connectivity index (χ2v) is 8.08. The minimum absolute atomic E-state index is 0.0401. The minimum atomic E-state index is -0.879. The molecule has 0 spiro atoms. The number of carboxylic acid groups (broad SMARTS) is 1. The third kappa shape index (κ3) is 5.16. The molecule has 0 unspecified atom stereocenters. The standard InChI is InChI=1S/C26H22ClN3O3/c1-3-4-19(12-25(31)32)18-6-9-23(10-7-18)33-15-21-11-20(14-30-26(21)28-16-29-30)24-13-22(27)8-5-17(24)2/h5-11,13-14,16,19H,12,15H2,1-2H3,(H,31,32)/t19-/m0/s1. The summed E-state index contributed by atoms with van der Waals surface area (Å²) in [7, 11) is 0. The number of pyridine rings is 1. The van der Waals surface area contributed by atoms with Crippen molar-refractivity contribution in [2.75, 3.05) is 0 Å². The number of hydrogen-bond acceptors (Lipinski definition) is 4. The molecule has 0 saturated heterocycles. The van der Waals surface area contributed by atoms with Crippen LogP contribution in [-0.2, 0) is 11.4 Å². The molecule has 2 heterocycles. The Morgan fingerprint density at radius 1 is 1.21 bits per heavy atom. The Labute approximate surface area is 196 Å². The smallest absolute Gasteiger partial charge is 0.304 e. The highest BCUT2D eigenvalue weighted by Crippen LogP contribution is 2.29. The first-order valence-electron chi connectivity index (χ1n) is 10.4. The van der Waals surface area contributed by atoms with E-state index < -0.39 is 5.97 Å². The van der Waals surface area contributed by atoms with Crippen LogP contribution in [0.25, 0.3) is 16.8 Å². The van der Waals surface area contributed by atoms with Gasteiger partial charge in [0.15, 0.2) is 5.65 Å². The molecule has 0 bridgehead atoms. The zero-order chi connectivity index (χ0) is 23.4. The summed E-state index contributed by atoms with van der Waals surface area (Å²) in [5, 5.41) is 14.1. The van der Waals surface area contributed by atoms with Gasteiger partial charge in [-0.25, -0.2) is 9.50 Å². The minimum Gasteiger partial charge on any atom is -0.489 e. The van der Waals surface area contributed by atoms with Crippen LogP contribution in [-0.4, -0.2) is 25.7 Å². The van der Waals surface area contributed by atoms with Gasteiger partial charge >= 0.3 is 5.97 Å². The first-order valence-corrected chi connectivity index (χ1v) is 10.8. The molecule has 0 aliphatic carbocycles. The van der Waals surface area contributed by atoms with E-state index in [0.717, 1.165) is 33.5 Å². The average molecular weight is 460 g/mol. The summed E-state index contributed by atoms with van der Waals surface area (Å²) in [6.07, 6.45) is 3.40. The first-order chi connectivity index (χ1) is 15.9. The van der Waals surface area contributed by atoms with E-state index in [4.69, 9.17) is 21.4 Å². The number of aliphatic carboxylic acids is 1. The zero-order valence-corrected chi connectivity index (χ0v) is 19.0. The van der Waals surface area contributed by atoms with E-state index in [9.17, 15) is 4.79 Å². The number of hydrogen-bond donors (Lipinski definition) is 1. The van der Waals surface area contributed by atoms with Crippen LogP contribution in [0.5, 0.6) is 5.75 Å². The fourth-order valence-electron chi connectivity index (χ4n) is 3.71. The Balaban J connectivity index is 1.58. The Kier molecular flexibility index (Phi) is 6.62. The summed E-state index contributed by atoms with van der Waals surface area (Å²) in [6, 6.07) is 15.2. The van der Waals surface area contributed by atoms with Crippen molar-refractivity contribution >= 4 is 23.2 Å². The molecule has 7 heteroatoms. The van der Waals surface area contributed by atoms with Crippen LogP contribution in [0.2, 0.25) is 5.02 Å². The Bertz CT molecular complexity index is 1370. The number of aryl methyl sites for hydroxylation is 1. The Morgan fingerprint density at radius 2 is 2.00 bits per heavy atom. The fourth-order valence-corrected chi connectivity index (χ4v) is 3.89. The molecule has 6 nitrogen and oxygen atoms in total. The molecule has 0 amide bonds. The third-order valence-electron chi connectivity index (χ3n) is 5.34. The second kappa shape index (κ2) is 9.76. The van der Waals surface area contributed by atoms with E-state index in [0.29, 0.717) is 17.4 Å². The number of ether oxygens (including phenoxy) is 1. The lowest BCUT2D eigenvalue weighted by molar-refractivity contribution is -0.137. The quantitative estimate of drug-likeness (QED) is 0.368. The lowest BCUT2D eigenvalue weighted by atomic mass is 9.96. The lowest BCUT2D eigenvalue weighted by Gasteiger charge is -2.13. The molecule has 0 radical (unpaired) electrons. The summed E-state index contributed by atoms with van der Waals surface area (Å²) < 4.78 is 7.76. The van der Waals surface area contributed by atoms with Crippen molar-refractivity contribution in [3.05, 3.63) is 82.8 Å². The van der Waals surface area contributed by atoms with Gasteiger partial charge in [0.1, 0.15) is 18.7 Å². The number of fused-ring (bicyclic) bond motifs is 1. The molecule has 0 aliphatic rings. The van der Waals surface area contributed by atoms with Gasteiger partial charge in [-0.3, -0.25) is 4.79 Å². The number of aromatic nitrogens is 3. The van der Waals surface area contributed by atoms with E-state index in [2.05, 4.69) is 21.9 Å².